The summed E-state index contributed by atoms with van der Waals surface area (Å²) in [4.78, 5) is 41.2. The van der Waals surface area contributed by atoms with Crippen LogP contribution in [0.1, 0.15) is 29.3 Å². The number of aliphatic carboxylic acids is 1. The van der Waals surface area contributed by atoms with Gasteiger partial charge < -0.3 is 31.0 Å². The van der Waals surface area contributed by atoms with Crippen molar-refractivity contribution in [3.63, 3.8) is 0 Å². The summed E-state index contributed by atoms with van der Waals surface area (Å²) in [5.74, 6) is -2.20. The van der Waals surface area contributed by atoms with Gasteiger partial charge in [0.05, 0.1) is 17.2 Å². The molecule has 2 aromatic rings. The van der Waals surface area contributed by atoms with E-state index in [4.69, 9.17) is 16.2 Å². The first-order valence-electron chi connectivity index (χ1n) is 8.97. The van der Waals surface area contributed by atoms with Crippen LogP contribution in [0.5, 0.6) is 5.75 Å². The van der Waals surface area contributed by atoms with Crippen LogP contribution in [0.25, 0.3) is 0 Å². The average Bonchev–Trinajstić information content (AvgIpc) is 2.68. The van der Waals surface area contributed by atoms with E-state index < -0.39 is 17.4 Å². The van der Waals surface area contributed by atoms with Crippen molar-refractivity contribution in [1.82, 2.24) is 4.90 Å². The number of hydrogen-bond acceptors (Lipinski definition) is 6. The second-order valence-corrected chi connectivity index (χ2v) is 7.08. The van der Waals surface area contributed by atoms with Crippen LogP contribution in [0.15, 0.2) is 53.5 Å². The van der Waals surface area contributed by atoms with Crippen LogP contribution in [0.2, 0.25) is 0 Å². The van der Waals surface area contributed by atoms with Gasteiger partial charge in [0.1, 0.15) is 5.75 Å². The molecule has 1 amide bonds. The molecule has 4 N–H and O–H groups in total. The van der Waals surface area contributed by atoms with Crippen molar-refractivity contribution in [3.8, 4) is 5.75 Å². The number of nitrogens with two attached hydrogens (primary N) is 2. The quantitative estimate of drug-likeness (QED) is 0.288. The highest BCUT2D eigenvalue weighted by molar-refractivity contribution is 5.92. The minimum absolute atomic E-state index is 0.0961. The summed E-state index contributed by atoms with van der Waals surface area (Å²) in [5, 5.41) is 11.7. The Hall–Kier alpha value is -3.88. The number of hydrogen-bond donors (Lipinski definition) is 2. The molecule has 9 heteroatoms. The highest BCUT2D eigenvalue weighted by Gasteiger charge is 2.32. The molecule has 0 heterocycles. The third-order valence-corrected chi connectivity index (χ3v) is 4.52. The van der Waals surface area contributed by atoms with E-state index in [-0.39, 0.29) is 29.6 Å². The summed E-state index contributed by atoms with van der Waals surface area (Å²) >= 11 is 0. The van der Waals surface area contributed by atoms with Gasteiger partial charge in [-0.05, 0) is 48.9 Å². The Bertz CT molecular complexity index is 964. The molecular formula is C21H23N4O5-. The van der Waals surface area contributed by atoms with Gasteiger partial charge in [-0.3, -0.25) is 4.79 Å². The Balaban J connectivity index is 2.16. The number of benzene rings is 2. The number of esters is 1. The number of nitrogens with zero attached hydrogens (tertiary/aromatic N) is 2. The summed E-state index contributed by atoms with van der Waals surface area (Å²) < 4.78 is 5.31. The lowest BCUT2D eigenvalue weighted by Crippen LogP contribution is -2.46. The van der Waals surface area contributed by atoms with Crippen molar-refractivity contribution >= 4 is 29.5 Å². The van der Waals surface area contributed by atoms with Gasteiger partial charge in [-0.25, -0.2) is 9.79 Å². The zero-order chi connectivity index (χ0) is 22.5. The smallest absolute Gasteiger partial charge is 0.343 e. The first-order valence-corrected chi connectivity index (χ1v) is 8.97. The third kappa shape index (κ3) is 5.34. The van der Waals surface area contributed by atoms with E-state index in [1.807, 2.05) is 0 Å². The molecule has 1 unspecified atom stereocenters. The maximum atomic E-state index is 12.3. The predicted octanol–water partition coefficient (Wildman–Crippen LogP) is 0.297. The zero-order valence-electron chi connectivity index (χ0n) is 16.9. The summed E-state index contributed by atoms with van der Waals surface area (Å²) in [6, 6.07) is 12.0. The standard InChI is InChI=1S/C21H24N4O5/c1-21(19(28)29,12-17(26)25(2)3)14-6-10-16(11-7-14)30-18(27)13-4-8-15(9-5-13)24-20(22)23/h4-11H,12H2,1-3H3,(H,28,29)(H4,22,23,24)/p-1. The van der Waals surface area contributed by atoms with Crippen molar-refractivity contribution in [3.05, 3.63) is 59.7 Å². The van der Waals surface area contributed by atoms with Crippen LogP contribution in [0.4, 0.5) is 5.69 Å². The summed E-state index contributed by atoms with van der Waals surface area (Å²) in [6.45, 7) is 1.42. The highest BCUT2D eigenvalue weighted by atomic mass is 16.5. The molecule has 2 rings (SSSR count). The topological polar surface area (TPSA) is 151 Å². The lowest BCUT2D eigenvalue weighted by Gasteiger charge is -2.31. The fourth-order valence-corrected chi connectivity index (χ4v) is 2.63. The Morgan fingerprint density at radius 3 is 2.07 bits per heavy atom. The van der Waals surface area contributed by atoms with Crippen LogP contribution >= 0.6 is 0 Å². The molecule has 1 atom stereocenters. The molecule has 0 aliphatic heterocycles. The second kappa shape index (κ2) is 9.08. The maximum absolute atomic E-state index is 12.3. The van der Waals surface area contributed by atoms with Gasteiger partial charge in [0.25, 0.3) is 0 Å². The van der Waals surface area contributed by atoms with E-state index in [1.165, 1.54) is 48.2 Å². The zero-order valence-corrected chi connectivity index (χ0v) is 16.9. The largest absolute Gasteiger partial charge is 0.549 e. The number of carbonyl (C=O) groups is 3. The Kier molecular flexibility index (Phi) is 6.78. The van der Waals surface area contributed by atoms with Gasteiger partial charge in [0.15, 0.2) is 5.96 Å². The average molecular weight is 411 g/mol. The van der Waals surface area contributed by atoms with E-state index in [0.717, 1.165) is 0 Å². The Morgan fingerprint density at radius 1 is 1.03 bits per heavy atom. The van der Waals surface area contributed by atoms with Crippen molar-refractivity contribution in [2.24, 2.45) is 16.5 Å². The summed E-state index contributed by atoms with van der Waals surface area (Å²) in [7, 11) is 3.09. The number of amides is 1. The fraction of sp³-hybridized carbons (Fsp3) is 0.238. The molecule has 0 fully saturated rings. The van der Waals surface area contributed by atoms with Gasteiger partial charge >= 0.3 is 5.97 Å². The molecule has 0 aliphatic rings. The van der Waals surface area contributed by atoms with Crippen molar-refractivity contribution in [2.75, 3.05) is 14.1 Å². The number of carboxylic acids is 1. The Morgan fingerprint density at radius 2 is 1.60 bits per heavy atom. The molecule has 0 bridgehead atoms. The second-order valence-electron chi connectivity index (χ2n) is 7.08. The number of ether oxygens (including phenoxy) is 1. The van der Waals surface area contributed by atoms with Gasteiger partial charge in [0, 0.05) is 25.9 Å². The lowest BCUT2D eigenvalue weighted by molar-refractivity contribution is -0.313. The molecule has 0 aliphatic carbocycles. The van der Waals surface area contributed by atoms with Crippen LogP contribution < -0.4 is 21.3 Å². The minimum Gasteiger partial charge on any atom is -0.549 e. The van der Waals surface area contributed by atoms with Gasteiger partial charge in [0.2, 0.25) is 5.91 Å². The van der Waals surface area contributed by atoms with Crippen LogP contribution in [0.3, 0.4) is 0 Å². The molecule has 0 aromatic heterocycles. The maximum Gasteiger partial charge on any atom is 0.343 e. The number of aliphatic imine (C=N–C) groups is 1. The van der Waals surface area contributed by atoms with E-state index in [1.54, 1.807) is 26.2 Å². The number of carbonyl (C=O) groups excluding carboxylic acids is 3. The van der Waals surface area contributed by atoms with Crippen LogP contribution in [0, 0.1) is 0 Å². The normalized spacial score (nSPS) is 12.4. The molecule has 30 heavy (non-hydrogen) atoms. The molecule has 158 valence electrons. The van der Waals surface area contributed by atoms with Gasteiger partial charge in [-0.15, -0.1) is 0 Å². The van der Waals surface area contributed by atoms with Crippen molar-refractivity contribution in [1.29, 1.82) is 0 Å². The fourth-order valence-electron chi connectivity index (χ4n) is 2.63. The SMILES string of the molecule is CN(C)C(=O)CC(C)(C(=O)[O-])c1ccc(OC(=O)c2ccc(N=C(N)N)cc2)cc1. The van der Waals surface area contributed by atoms with Crippen LogP contribution in [-0.4, -0.2) is 42.8 Å². The minimum atomic E-state index is -1.52. The molecule has 0 saturated heterocycles. The Labute approximate surface area is 174 Å². The van der Waals surface area contributed by atoms with E-state index in [9.17, 15) is 19.5 Å². The third-order valence-electron chi connectivity index (χ3n) is 4.52. The van der Waals surface area contributed by atoms with Crippen molar-refractivity contribution < 1.29 is 24.2 Å². The van der Waals surface area contributed by atoms with Gasteiger partial charge in [-0.2, -0.15) is 0 Å². The molecule has 0 saturated carbocycles. The van der Waals surface area contributed by atoms with Crippen LogP contribution in [-0.2, 0) is 15.0 Å². The molecular weight excluding hydrogens is 388 g/mol. The summed E-state index contributed by atoms with van der Waals surface area (Å²) in [5.41, 5.74) is 10.2. The number of carboxylic acid groups (broad SMARTS) is 1. The number of guanidine groups is 1. The van der Waals surface area contributed by atoms with E-state index in [0.29, 0.717) is 11.3 Å². The first-order chi connectivity index (χ1) is 14.0. The lowest BCUT2D eigenvalue weighted by atomic mass is 9.79. The molecule has 0 radical (unpaired) electrons. The molecule has 0 spiro atoms. The first kappa shape index (κ1) is 22.4. The molecule has 2 aromatic carbocycles. The van der Waals surface area contributed by atoms with Gasteiger partial charge in [-0.1, -0.05) is 12.1 Å². The predicted molar refractivity (Wildman–Crippen MR) is 109 cm³/mol. The van der Waals surface area contributed by atoms with E-state index >= 15 is 0 Å². The summed E-state index contributed by atoms with van der Waals surface area (Å²) in [6.07, 6.45) is -0.260. The molecule has 9 nitrogen and oxygen atoms in total. The van der Waals surface area contributed by atoms with E-state index in [2.05, 4.69) is 4.99 Å². The number of rotatable bonds is 7. The monoisotopic (exact) mass is 411 g/mol. The van der Waals surface area contributed by atoms with Crippen molar-refractivity contribution in [2.45, 2.75) is 18.8 Å². The highest BCUT2D eigenvalue weighted by Crippen LogP contribution is 2.29.